The minimum absolute atomic E-state index is 0.455. The van der Waals surface area contributed by atoms with Gasteiger partial charge in [-0.3, -0.25) is 0 Å². The van der Waals surface area contributed by atoms with Gasteiger partial charge in [0.15, 0.2) is 6.23 Å². The fraction of sp³-hybridized carbons (Fsp3) is 0.500. The van der Waals surface area contributed by atoms with Crippen molar-refractivity contribution in [2.75, 3.05) is 11.9 Å². The summed E-state index contributed by atoms with van der Waals surface area (Å²) in [5, 5.41) is 41.6. The molecule has 1 heterocycles. The van der Waals surface area contributed by atoms with Crippen LogP contribution in [0.3, 0.4) is 0 Å². The van der Waals surface area contributed by atoms with Gasteiger partial charge in [0.05, 0.1) is 6.61 Å². The van der Waals surface area contributed by atoms with Crippen molar-refractivity contribution in [2.45, 2.75) is 30.6 Å². The number of hydrogen-bond acceptors (Lipinski definition) is 6. The Labute approximate surface area is 115 Å². The van der Waals surface area contributed by atoms with E-state index >= 15 is 0 Å². The van der Waals surface area contributed by atoms with Crippen LogP contribution in [-0.2, 0) is 4.74 Å². The Morgan fingerprint density at radius 3 is 2.26 bits per heavy atom. The average molecular weight is 290 g/mol. The van der Waals surface area contributed by atoms with Crippen LogP contribution in [0.25, 0.3) is 0 Å². The molecule has 0 aliphatic carbocycles. The number of hydrogen-bond donors (Lipinski definition) is 5. The Morgan fingerprint density at radius 1 is 1.05 bits per heavy atom. The quantitative estimate of drug-likeness (QED) is 0.517. The van der Waals surface area contributed by atoms with Crippen LogP contribution in [0.4, 0.5) is 5.69 Å². The predicted molar refractivity (Wildman–Crippen MR) is 68.8 cm³/mol. The summed E-state index contributed by atoms with van der Waals surface area (Å²) >= 11 is 5.76. The molecule has 5 atom stereocenters. The highest BCUT2D eigenvalue weighted by Crippen LogP contribution is 2.23. The smallest absolute Gasteiger partial charge is 0.157 e. The zero-order valence-corrected chi connectivity index (χ0v) is 10.7. The Hall–Kier alpha value is -0.890. The van der Waals surface area contributed by atoms with E-state index in [1.54, 1.807) is 24.3 Å². The van der Waals surface area contributed by atoms with Crippen LogP contribution >= 0.6 is 11.6 Å². The summed E-state index contributed by atoms with van der Waals surface area (Å²) < 4.78 is 5.31. The molecule has 1 fully saturated rings. The lowest BCUT2D eigenvalue weighted by Gasteiger charge is -2.40. The molecule has 0 spiro atoms. The second-order valence-electron chi connectivity index (χ2n) is 4.40. The summed E-state index contributed by atoms with van der Waals surface area (Å²) in [5.74, 6) is 0. The summed E-state index contributed by atoms with van der Waals surface area (Å²) in [7, 11) is 0. The monoisotopic (exact) mass is 289 g/mol. The number of rotatable bonds is 3. The van der Waals surface area contributed by atoms with Gasteiger partial charge in [0, 0.05) is 10.7 Å². The van der Waals surface area contributed by atoms with Crippen molar-refractivity contribution in [3.63, 3.8) is 0 Å². The van der Waals surface area contributed by atoms with Crippen LogP contribution in [0.2, 0.25) is 5.02 Å². The number of aliphatic hydroxyl groups excluding tert-OH is 4. The van der Waals surface area contributed by atoms with Gasteiger partial charge in [0.1, 0.15) is 24.4 Å². The summed E-state index contributed by atoms with van der Waals surface area (Å²) in [6.07, 6.45) is -5.92. The fourth-order valence-corrected chi connectivity index (χ4v) is 2.06. The maximum absolute atomic E-state index is 9.83. The van der Waals surface area contributed by atoms with E-state index in [-0.39, 0.29) is 0 Å². The van der Waals surface area contributed by atoms with Crippen molar-refractivity contribution in [1.29, 1.82) is 0 Å². The van der Waals surface area contributed by atoms with Gasteiger partial charge in [-0.15, -0.1) is 0 Å². The lowest BCUT2D eigenvalue weighted by Crippen LogP contribution is -2.60. The SMILES string of the molecule is OC[C@H]1O[C@@H](Nc2ccc(Cl)cc2)[C@@H](O)[C@@H](O)[C@@H]1O. The van der Waals surface area contributed by atoms with Crippen LogP contribution in [-0.4, -0.2) is 57.7 Å². The Bertz CT molecular complexity index is 413. The van der Waals surface area contributed by atoms with Crippen molar-refractivity contribution in [1.82, 2.24) is 0 Å². The summed E-state index contributed by atoms with van der Waals surface area (Å²) in [5.41, 5.74) is 0.633. The van der Waals surface area contributed by atoms with Gasteiger partial charge in [-0.05, 0) is 24.3 Å². The first-order valence-electron chi connectivity index (χ1n) is 5.85. The van der Waals surface area contributed by atoms with E-state index in [2.05, 4.69) is 5.32 Å². The van der Waals surface area contributed by atoms with Gasteiger partial charge in [0.25, 0.3) is 0 Å². The molecule has 0 amide bonds. The van der Waals surface area contributed by atoms with Crippen molar-refractivity contribution in [2.24, 2.45) is 0 Å². The van der Waals surface area contributed by atoms with Crippen LogP contribution in [0.15, 0.2) is 24.3 Å². The summed E-state index contributed by atoms with van der Waals surface area (Å²) in [6.45, 7) is -0.455. The number of halogens is 1. The van der Waals surface area contributed by atoms with Crippen LogP contribution in [0.1, 0.15) is 0 Å². The summed E-state index contributed by atoms with van der Waals surface area (Å²) in [4.78, 5) is 0. The van der Waals surface area contributed by atoms with Gasteiger partial charge < -0.3 is 30.5 Å². The highest BCUT2D eigenvalue weighted by molar-refractivity contribution is 6.30. The van der Waals surface area contributed by atoms with E-state index in [9.17, 15) is 15.3 Å². The predicted octanol–water partition coefficient (Wildman–Crippen LogP) is -0.448. The first kappa shape index (κ1) is 14.5. The van der Waals surface area contributed by atoms with Crippen LogP contribution in [0, 0.1) is 0 Å². The van der Waals surface area contributed by atoms with Gasteiger partial charge >= 0.3 is 0 Å². The van der Waals surface area contributed by atoms with E-state index < -0.39 is 37.3 Å². The third kappa shape index (κ3) is 3.17. The van der Waals surface area contributed by atoms with Gasteiger partial charge in [-0.25, -0.2) is 0 Å². The van der Waals surface area contributed by atoms with Crippen LogP contribution in [0.5, 0.6) is 0 Å². The minimum Gasteiger partial charge on any atom is -0.394 e. The van der Waals surface area contributed by atoms with Crippen molar-refractivity contribution < 1.29 is 25.2 Å². The second kappa shape index (κ2) is 6.04. The summed E-state index contributed by atoms with van der Waals surface area (Å²) in [6, 6.07) is 6.69. The maximum Gasteiger partial charge on any atom is 0.157 e. The lowest BCUT2D eigenvalue weighted by molar-refractivity contribution is -0.221. The van der Waals surface area contributed by atoms with E-state index in [4.69, 9.17) is 21.4 Å². The first-order chi connectivity index (χ1) is 9.02. The van der Waals surface area contributed by atoms with E-state index in [0.29, 0.717) is 10.7 Å². The fourth-order valence-electron chi connectivity index (χ4n) is 1.93. The van der Waals surface area contributed by atoms with E-state index in [1.165, 1.54) is 0 Å². The molecule has 5 N–H and O–H groups in total. The molecule has 6 nitrogen and oxygen atoms in total. The Kier molecular flexibility index (Phi) is 4.62. The standard InChI is InChI=1S/C12H16ClNO5/c13-6-1-3-7(4-2-6)14-12-11(18)10(17)9(16)8(5-15)19-12/h1-4,8-12,14-18H,5H2/t8-,9-,10+,11+,12-/m1/s1. The molecule has 0 aromatic heterocycles. The molecule has 1 saturated heterocycles. The average Bonchev–Trinajstić information content (AvgIpc) is 2.42. The number of nitrogens with one attached hydrogen (secondary N) is 1. The van der Waals surface area contributed by atoms with Crippen LogP contribution < -0.4 is 5.32 Å². The Balaban J connectivity index is 2.08. The normalized spacial score (nSPS) is 35.1. The van der Waals surface area contributed by atoms with Crippen molar-refractivity contribution >= 4 is 17.3 Å². The molecule has 1 aromatic rings. The molecule has 0 saturated carbocycles. The zero-order chi connectivity index (χ0) is 14.0. The molecule has 106 valence electrons. The molecule has 1 aliphatic heterocycles. The zero-order valence-electron chi connectivity index (χ0n) is 9.98. The highest BCUT2D eigenvalue weighted by Gasteiger charge is 2.43. The van der Waals surface area contributed by atoms with Gasteiger partial charge in [0.2, 0.25) is 0 Å². The van der Waals surface area contributed by atoms with Gasteiger partial charge in [-0.2, -0.15) is 0 Å². The third-order valence-corrected chi connectivity index (χ3v) is 3.30. The molecule has 0 unspecified atom stereocenters. The Morgan fingerprint density at radius 2 is 1.68 bits per heavy atom. The highest BCUT2D eigenvalue weighted by atomic mass is 35.5. The molecular formula is C12H16ClNO5. The third-order valence-electron chi connectivity index (χ3n) is 3.05. The molecule has 19 heavy (non-hydrogen) atoms. The molecule has 0 radical (unpaired) electrons. The number of anilines is 1. The first-order valence-corrected chi connectivity index (χ1v) is 6.23. The molecule has 7 heteroatoms. The van der Waals surface area contributed by atoms with Crippen molar-refractivity contribution in [3.8, 4) is 0 Å². The minimum atomic E-state index is -1.39. The number of aliphatic hydroxyl groups is 4. The van der Waals surface area contributed by atoms with E-state index in [0.717, 1.165) is 0 Å². The van der Waals surface area contributed by atoms with Gasteiger partial charge in [-0.1, -0.05) is 11.6 Å². The molecular weight excluding hydrogens is 274 g/mol. The number of benzene rings is 1. The second-order valence-corrected chi connectivity index (χ2v) is 4.84. The molecule has 0 bridgehead atoms. The number of ether oxygens (including phenoxy) is 1. The molecule has 1 aromatic carbocycles. The molecule has 1 aliphatic rings. The molecule has 2 rings (SSSR count). The van der Waals surface area contributed by atoms with E-state index in [1.807, 2.05) is 0 Å². The van der Waals surface area contributed by atoms with Crippen molar-refractivity contribution in [3.05, 3.63) is 29.3 Å². The maximum atomic E-state index is 9.83. The topological polar surface area (TPSA) is 102 Å². The lowest BCUT2D eigenvalue weighted by atomic mass is 9.98. The largest absolute Gasteiger partial charge is 0.394 e.